The van der Waals surface area contributed by atoms with Gasteiger partial charge in [0, 0.05) is 30.8 Å². The van der Waals surface area contributed by atoms with Crippen LogP contribution in [0.25, 0.3) is 11.3 Å². The molecular weight excluding hydrogens is 379 g/mol. The summed E-state index contributed by atoms with van der Waals surface area (Å²) in [6.45, 7) is 3.94. The molecule has 2 aliphatic rings. The number of anilines is 2. The second kappa shape index (κ2) is 7.59. The third-order valence-corrected chi connectivity index (χ3v) is 5.92. The van der Waals surface area contributed by atoms with Gasteiger partial charge in [-0.2, -0.15) is 0 Å². The maximum absolute atomic E-state index is 13.5. The number of hydrogen-bond acceptors (Lipinski definition) is 3. The van der Waals surface area contributed by atoms with E-state index in [0.29, 0.717) is 32.0 Å². The predicted octanol–water partition coefficient (Wildman–Crippen LogP) is 4.88. The Hall–Kier alpha value is -3.15. The number of imidazole rings is 1. The predicted molar refractivity (Wildman–Crippen MR) is 115 cm³/mol. The first-order valence-corrected chi connectivity index (χ1v) is 10.5. The van der Waals surface area contributed by atoms with Crippen LogP contribution in [0.4, 0.5) is 15.9 Å². The zero-order valence-corrected chi connectivity index (χ0v) is 17.1. The van der Waals surface area contributed by atoms with Gasteiger partial charge in [0.05, 0.1) is 6.54 Å². The average Bonchev–Trinajstić information content (AvgIpc) is 3.50. The van der Waals surface area contributed by atoms with Gasteiger partial charge in [-0.15, -0.1) is 0 Å². The summed E-state index contributed by atoms with van der Waals surface area (Å²) in [6.07, 6.45) is 3.00. The fourth-order valence-corrected chi connectivity index (χ4v) is 3.95. The molecule has 0 saturated heterocycles. The molecule has 3 aromatic rings. The lowest BCUT2D eigenvalue weighted by Crippen LogP contribution is -2.38. The Balaban J connectivity index is 1.49. The minimum atomic E-state index is -0.271. The number of aryl methyl sites for hydroxylation is 1. The minimum absolute atomic E-state index is 0.225. The van der Waals surface area contributed by atoms with E-state index >= 15 is 0 Å². The van der Waals surface area contributed by atoms with Crippen molar-refractivity contribution in [3.63, 3.8) is 0 Å². The molecular formula is C24H25FN4O. The summed E-state index contributed by atoms with van der Waals surface area (Å²) in [4.78, 5) is 19.4. The van der Waals surface area contributed by atoms with Crippen LogP contribution in [0.3, 0.4) is 0 Å². The second-order valence-corrected chi connectivity index (χ2v) is 8.34. The maximum Gasteiger partial charge on any atom is 0.223 e. The van der Waals surface area contributed by atoms with Crippen molar-refractivity contribution in [3.8, 4) is 11.3 Å². The zero-order chi connectivity index (χ0) is 20.7. The van der Waals surface area contributed by atoms with Crippen LogP contribution in [0.1, 0.15) is 30.7 Å². The molecule has 1 amide bonds. The number of amides is 1. The van der Waals surface area contributed by atoms with Gasteiger partial charge in [0.2, 0.25) is 5.91 Å². The number of halogens is 1. The van der Waals surface area contributed by atoms with E-state index in [-0.39, 0.29) is 11.7 Å². The van der Waals surface area contributed by atoms with Crippen molar-refractivity contribution in [3.05, 3.63) is 65.7 Å². The highest BCUT2D eigenvalue weighted by atomic mass is 19.1. The number of nitrogens with one attached hydrogen (secondary N) is 1. The van der Waals surface area contributed by atoms with Gasteiger partial charge in [-0.05, 0) is 62.1 Å². The molecule has 0 radical (unpaired) electrons. The molecule has 30 heavy (non-hydrogen) atoms. The monoisotopic (exact) mass is 404 g/mol. The van der Waals surface area contributed by atoms with E-state index in [0.717, 1.165) is 28.6 Å². The topological polar surface area (TPSA) is 50.2 Å². The van der Waals surface area contributed by atoms with Gasteiger partial charge in [-0.1, -0.05) is 17.7 Å². The Morgan fingerprint density at radius 1 is 1.10 bits per heavy atom. The molecule has 1 fully saturated rings. The Morgan fingerprint density at radius 3 is 2.53 bits per heavy atom. The van der Waals surface area contributed by atoms with Crippen LogP contribution >= 0.6 is 0 Å². The van der Waals surface area contributed by atoms with Crippen LogP contribution in [0.5, 0.6) is 0 Å². The van der Waals surface area contributed by atoms with Crippen LogP contribution in [0.2, 0.25) is 0 Å². The maximum atomic E-state index is 13.5. The van der Waals surface area contributed by atoms with Crippen molar-refractivity contribution in [2.24, 2.45) is 5.92 Å². The molecule has 1 saturated carbocycles. The smallest absolute Gasteiger partial charge is 0.223 e. The van der Waals surface area contributed by atoms with Gasteiger partial charge < -0.3 is 14.8 Å². The fourth-order valence-electron chi connectivity index (χ4n) is 3.95. The van der Waals surface area contributed by atoms with Gasteiger partial charge in [-0.3, -0.25) is 4.79 Å². The number of carbonyl (C=O) groups excluding carboxylic acids is 1. The number of rotatable bonds is 5. The molecule has 1 N–H and O–H groups in total. The summed E-state index contributed by atoms with van der Waals surface area (Å²) in [7, 11) is 0. The average molecular weight is 404 g/mol. The minimum Gasteiger partial charge on any atom is -0.340 e. The number of aromatic nitrogens is 2. The zero-order valence-electron chi connectivity index (χ0n) is 17.1. The van der Waals surface area contributed by atoms with Gasteiger partial charge in [0.15, 0.2) is 0 Å². The third kappa shape index (κ3) is 3.82. The standard InChI is InChI=1S/C24H25FN4O/c1-16-2-10-20(11-3-16)26-24-23(18-6-8-19(25)9-7-18)27-21-15-28(12-13-29(21)24)22(30)14-17-4-5-17/h2-3,6-11,17,26H,4-5,12-15H2,1H3. The number of nitrogens with zero attached hydrogens (tertiary/aromatic N) is 3. The van der Waals surface area contributed by atoms with Crippen molar-refractivity contribution in [2.75, 3.05) is 11.9 Å². The van der Waals surface area contributed by atoms with E-state index in [1.807, 2.05) is 17.0 Å². The molecule has 2 aromatic carbocycles. The first-order chi connectivity index (χ1) is 14.6. The van der Waals surface area contributed by atoms with Crippen molar-refractivity contribution < 1.29 is 9.18 Å². The summed E-state index contributed by atoms with van der Waals surface area (Å²) >= 11 is 0. The van der Waals surface area contributed by atoms with Crippen molar-refractivity contribution in [1.82, 2.24) is 14.5 Å². The normalized spacial score (nSPS) is 15.7. The molecule has 0 bridgehead atoms. The van der Waals surface area contributed by atoms with E-state index < -0.39 is 0 Å². The lowest BCUT2D eigenvalue weighted by Gasteiger charge is -2.28. The lowest BCUT2D eigenvalue weighted by molar-refractivity contribution is -0.133. The lowest BCUT2D eigenvalue weighted by atomic mass is 10.1. The summed E-state index contributed by atoms with van der Waals surface area (Å²) in [6, 6.07) is 14.6. The van der Waals surface area contributed by atoms with Crippen molar-refractivity contribution >= 4 is 17.4 Å². The van der Waals surface area contributed by atoms with Crippen LogP contribution in [0.15, 0.2) is 48.5 Å². The van der Waals surface area contributed by atoms with E-state index in [2.05, 4.69) is 28.9 Å². The highest BCUT2D eigenvalue weighted by Crippen LogP contribution is 2.35. The second-order valence-electron chi connectivity index (χ2n) is 8.34. The highest BCUT2D eigenvalue weighted by molar-refractivity contribution is 5.78. The summed E-state index contributed by atoms with van der Waals surface area (Å²) in [5, 5.41) is 3.51. The summed E-state index contributed by atoms with van der Waals surface area (Å²) in [5.74, 6) is 2.28. The van der Waals surface area contributed by atoms with E-state index in [9.17, 15) is 9.18 Å². The molecule has 1 aliphatic carbocycles. The number of hydrogen-bond donors (Lipinski definition) is 1. The summed E-state index contributed by atoms with van der Waals surface area (Å²) in [5.41, 5.74) is 3.80. The van der Waals surface area contributed by atoms with E-state index in [4.69, 9.17) is 4.98 Å². The van der Waals surface area contributed by atoms with Gasteiger partial charge in [-0.25, -0.2) is 9.37 Å². The molecule has 154 valence electrons. The number of fused-ring (bicyclic) bond motifs is 1. The quantitative estimate of drug-likeness (QED) is 0.659. The largest absolute Gasteiger partial charge is 0.340 e. The van der Waals surface area contributed by atoms with E-state index in [1.54, 1.807) is 12.1 Å². The van der Waals surface area contributed by atoms with Crippen LogP contribution in [-0.4, -0.2) is 26.9 Å². The molecule has 1 aliphatic heterocycles. The molecule has 0 unspecified atom stereocenters. The van der Waals surface area contributed by atoms with Crippen LogP contribution in [-0.2, 0) is 17.9 Å². The SMILES string of the molecule is Cc1ccc(Nc2c(-c3ccc(F)cc3)nc3n2CCN(C(=O)CC2CC2)C3)cc1. The molecule has 1 aromatic heterocycles. The molecule has 2 heterocycles. The third-order valence-electron chi connectivity index (χ3n) is 5.92. The Kier molecular flexibility index (Phi) is 4.77. The van der Waals surface area contributed by atoms with E-state index in [1.165, 1.54) is 30.5 Å². The fraction of sp³-hybridized carbons (Fsp3) is 0.333. The van der Waals surface area contributed by atoms with Gasteiger partial charge >= 0.3 is 0 Å². The number of carbonyl (C=O) groups is 1. The summed E-state index contributed by atoms with van der Waals surface area (Å²) < 4.78 is 15.6. The van der Waals surface area contributed by atoms with Gasteiger partial charge in [0.25, 0.3) is 0 Å². The molecule has 6 heteroatoms. The molecule has 5 nitrogen and oxygen atoms in total. The Bertz CT molecular complexity index is 1070. The molecule has 0 atom stereocenters. The Labute approximate surface area is 175 Å². The van der Waals surface area contributed by atoms with Crippen molar-refractivity contribution in [2.45, 2.75) is 39.3 Å². The highest BCUT2D eigenvalue weighted by Gasteiger charge is 2.30. The van der Waals surface area contributed by atoms with Crippen LogP contribution < -0.4 is 5.32 Å². The molecule has 0 spiro atoms. The first-order valence-electron chi connectivity index (χ1n) is 10.5. The molecule has 5 rings (SSSR count). The first kappa shape index (κ1) is 18.9. The van der Waals surface area contributed by atoms with Crippen molar-refractivity contribution in [1.29, 1.82) is 0 Å². The van der Waals surface area contributed by atoms with Gasteiger partial charge in [0.1, 0.15) is 23.2 Å². The number of benzene rings is 2. The Morgan fingerprint density at radius 2 is 1.83 bits per heavy atom. The van der Waals surface area contributed by atoms with Crippen LogP contribution in [0, 0.1) is 18.7 Å².